The number of nitrogens with two attached hydrogens (primary N) is 1. The largest absolute Gasteiger partial charge is 0.378 e. The van der Waals surface area contributed by atoms with Crippen LogP contribution >= 0.6 is 0 Å². The molecule has 30 heavy (non-hydrogen) atoms. The molecule has 0 aliphatic rings. The summed E-state index contributed by atoms with van der Waals surface area (Å²) < 4.78 is 6.04. The Hall–Kier alpha value is -3.73. The standard InChI is InChI=1S/C19H25N9O2/c1-5-27(6-2)11-15-16(22-26-28(15)18-17(20)24-30-25-18)19(29)23-21-13(4)14-9-7-12(3)8-10-14/h7-10,21H,4-6,11H2,1-3H3,(H2,20,24)(H,23,29). The van der Waals surface area contributed by atoms with E-state index in [9.17, 15) is 4.79 Å². The van der Waals surface area contributed by atoms with Crippen molar-refractivity contribution in [1.82, 2.24) is 41.1 Å². The second-order valence-corrected chi connectivity index (χ2v) is 6.65. The molecule has 0 atom stereocenters. The maximum Gasteiger partial charge on any atom is 0.292 e. The highest BCUT2D eigenvalue weighted by atomic mass is 16.6. The Morgan fingerprint density at radius 1 is 1.20 bits per heavy atom. The molecule has 3 rings (SSSR count). The summed E-state index contributed by atoms with van der Waals surface area (Å²) in [7, 11) is 0. The van der Waals surface area contributed by atoms with Crippen LogP contribution in [0, 0.1) is 6.92 Å². The van der Waals surface area contributed by atoms with Gasteiger partial charge in [-0.25, -0.2) is 4.63 Å². The summed E-state index contributed by atoms with van der Waals surface area (Å²) in [5.74, 6) is -0.231. The van der Waals surface area contributed by atoms with E-state index < -0.39 is 5.91 Å². The Balaban J connectivity index is 1.82. The Morgan fingerprint density at radius 2 is 1.90 bits per heavy atom. The van der Waals surface area contributed by atoms with Crippen LogP contribution in [0.25, 0.3) is 11.5 Å². The molecule has 0 saturated heterocycles. The van der Waals surface area contributed by atoms with Gasteiger partial charge < -0.3 is 5.73 Å². The van der Waals surface area contributed by atoms with Crippen LogP contribution in [-0.4, -0.2) is 49.2 Å². The van der Waals surface area contributed by atoms with E-state index in [2.05, 4.69) is 47.6 Å². The first-order chi connectivity index (χ1) is 14.4. The van der Waals surface area contributed by atoms with Gasteiger partial charge in [0.2, 0.25) is 11.6 Å². The van der Waals surface area contributed by atoms with E-state index in [0.29, 0.717) is 17.9 Å². The number of hydrazine groups is 1. The molecule has 4 N–H and O–H groups in total. The lowest BCUT2D eigenvalue weighted by Gasteiger charge is -2.18. The van der Waals surface area contributed by atoms with E-state index in [-0.39, 0.29) is 17.3 Å². The maximum absolute atomic E-state index is 12.8. The molecule has 3 aromatic rings. The number of hydrogen-bond acceptors (Lipinski definition) is 9. The van der Waals surface area contributed by atoms with Crippen LogP contribution in [0.15, 0.2) is 35.5 Å². The van der Waals surface area contributed by atoms with Gasteiger partial charge in [-0.15, -0.1) is 5.10 Å². The minimum absolute atomic E-state index is 0.0542. The number of nitrogens with one attached hydrogen (secondary N) is 2. The van der Waals surface area contributed by atoms with Gasteiger partial charge in [0.1, 0.15) is 0 Å². The number of carbonyl (C=O) groups excluding carboxylic acids is 1. The van der Waals surface area contributed by atoms with Crippen LogP contribution in [0.2, 0.25) is 0 Å². The van der Waals surface area contributed by atoms with Gasteiger partial charge in [0.25, 0.3) is 5.91 Å². The van der Waals surface area contributed by atoms with E-state index in [0.717, 1.165) is 24.2 Å². The molecule has 1 aromatic carbocycles. The fourth-order valence-electron chi connectivity index (χ4n) is 2.81. The van der Waals surface area contributed by atoms with Crippen molar-refractivity contribution in [3.05, 3.63) is 53.4 Å². The molecule has 2 aromatic heterocycles. The summed E-state index contributed by atoms with van der Waals surface area (Å²) >= 11 is 0. The monoisotopic (exact) mass is 411 g/mol. The smallest absolute Gasteiger partial charge is 0.292 e. The quantitative estimate of drug-likeness (QED) is 0.444. The SMILES string of the molecule is C=C(NNC(=O)c1nnn(-c2nonc2N)c1CN(CC)CC)c1ccc(C)cc1. The fourth-order valence-corrected chi connectivity index (χ4v) is 2.81. The number of benzene rings is 1. The molecule has 1 amide bonds. The number of aryl methyl sites for hydroxylation is 1. The van der Waals surface area contributed by atoms with Crippen molar-refractivity contribution >= 4 is 17.4 Å². The van der Waals surface area contributed by atoms with Crippen LogP contribution in [-0.2, 0) is 6.54 Å². The number of amides is 1. The number of rotatable bonds is 9. The summed E-state index contributed by atoms with van der Waals surface area (Å²) in [4.78, 5) is 14.9. The molecule has 11 nitrogen and oxygen atoms in total. The summed E-state index contributed by atoms with van der Waals surface area (Å²) in [6.07, 6.45) is 0. The third-order valence-electron chi connectivity index (χ3n) is 4.67. The van der Waals surface area contributed by atoms with Gasteiger partial charge in [0.15, 0.2) is 5.69 Å². The number of nitrogens with zero attached hydrogens (tertiary/aromatic N) is 6. The average molecular weight is 411 g/mol. The summed E-state index contributed by atoms with van der Waals surface area (Å²) in [6.45, 7) is 12.0. The zero-order valence-electron chi connectivity index (χ0n) is 17.2. The molecule has 0 fully saturated rings. The lowest BCUT2D eigenvalue weighted by molar-refractivity contribution is 0.0935. The van der Waals surface area contributed by atoms with E-state index in [4.69, 9.17) is 5.73 Å². The first-order valence-corrected chi connectivity index (χ1v) is 9.52. The van der Waals surface area contributed by atoms with E-state index in [1.165, 1.54) is 4.68 Å². The van der Waals surface area contributed by atoms with Crippen molar-refractivity contribution in [2.24, 2.45) is 0 Å². The van der Waals surface area contributed by atoms with Gasteiger partial charge in [-0.2, -0.15) is 4.68 Å². The Morgan fingerprint density at radius 3 is 2.50 bits per heavy atom. The van der Waals surface area contributed by atoms with Gasteiger partial charge in [0.05, 0.1) is 11.4 Å². The maximum atomic E-state index is 12.8. The molecular weight excluding hydrogens is 386 g/mol. The third kappa shape index (κ3) is 4.46. The van der Waals surface area contributed by atoms with E-state index in [1.807, 2.05) is 45.0 Å². The second-order valence-electron chi connectivity index (χ2n) is 6.65. The van der Waals surface area contributed by atoms with Gasteiger partial charge in [-0.05, 0) is 35.9 Å². The number of carbonyl (C=O) groups is 1. The van der Waals surface area contributed by atoms with Gasteiger partial charge in [-0.1, -0.05) is 55.5 Å². The highest BCUT2D eigenvalue weighted by molar-refractivity contribution is 5.93. The highest BCUT2D eigenvalue weighted by Gasteiger charge is 2.25. The van der Waals surface area contributed by atoms with Crippen molar-refractivity contribution in [3.63, 3.8) is 0 Å². The fraction of sp³-hybridized carbons (Fsp3) is 0.316. The van der Waals surface area contributed by atoms with Gasteiger partial charge >= 0.3 is 0 Å². The predicted molar refractivity (Wildman–Crippen MR) is 111 cm³/mol. The van der Waals surface area contributed by atoms with Crippen LogP contribution in [0.4, 0.5) is 5.82 Å². The van der Waals surface area contributed by atoms with Gasteiger partial charge in [0, 0.05) is 6.54 Å². The average Bonchev–Trinajstić information content (AvgIpc) is 3.35. The first-order valence-electron chi connectivity index (χ1n) is 9.52. The number of hydrogen-bond donors (Lipinski definition) is 3. The number of aromatic nitrogens is 5. The molecule has 0 unspecified atom stereocenters. The molecule has 0 spiro atoms. The normalized spacial score (nSPS) is 10.9. The lowest BCUT2D eigenvalue weighted by atomic mass is 10.1. The minimum atomic E-state index is -0.466. The molecule has 0 radical (unpaired) electrons. The molecule has 0 aliphatic heterocycles. The Labute approximate surface area is 173 Å². The molecule has 0 aliphatic carbocycles. The Bertz CT molecular complexity index is 1020. The molecule has 158 valence electrons. The van der Waals surface area contributed by atoms with E-state index in [1.54, 1.807) is 0 Å². The third-order valence-corrected chi connectivity index (χ3v) is 4.67. The minimum Gasteiger partial charge on any atom is -0.378 e. The predicted octanol–water partition coefficient (Wildman–Crippen LogP) is 1.29. The summed E-state index contributed by atoms with van der Waals surface area (Å²) in [6, 6.07) is 7.76. The highest BCUT2D eigenvalue weighted by Crippen LogP contribution is 2.17. The molecule has 11 heteroatoms. The summed E-state index contributed by atoms with van der Waals surface area (Å²) in [5, 5.41) is 15.4. The van der Waals surface area contributed by atoms with Crippen LogP contribution < -0.4 is 16.6 Å². The van der Waals surface area contributed by atoms with E-state index >= 15 is 0 Å². The van der Waals surface area contributed by atoms with Crippen LogP contribution in [0.3, 0.4) is 0 Å². The Kier molecular flexibility index (Phi) is 6.42. The van der Waals surface area contributed by atoms with Crippen molar-refractivity contribution in [2.45, 2.75) is 27.3 Å². The molecular formula is C19H25N9O2. The second kappa shape index (κ2) is 9.18. The summed E-state index contributed by atoms with van der Waals surface area (Å²) in [5.41, 5.74) is 14.4. The van der Waals surface area contributed by atoms with Gasteiger partial charge in [-0.3, -0.25) is 20.5 Å². The number of anilines is 1. The first kappa shape index (κ1) is 21.0. The van der Waals surface area contributed by atoms with Crippen molar-refractivity contribution in [3.8, 4) is 5.82 Å². The molecule has 0 bridgehead atoms. The van der Waals surface area contributed by atoms with Crippen molar-refractivity contribution < 1.29 is 9.42 Å². The van der Waals surface area contributed by atoms with Crippen LogP contribution in [0.5, 0.6) is 0 Å². The van der Waals surface area contributed by atoms with Crippen LogP contribution in [0.1, 0.15) is 41.2 Å². The number of nitrogen functional groups attached to an aromatic ring is 1. The van der Waals surface area contributed by atoms with Crippen molar-refractivity contribution in [2.75, 3.05) is 18.8 Å². The topological polar surface area (TPSA) is 140 Å². The lowest BCUT2D eigenvalue weighted by Crippen LogP contribution is -2.37. The molecule has 0 saturated carbocycles. The molecule has 2 heterocycles. The zero-order valence-corrected chi connectivity index (χ0v) is 17.2. The van der Waals surface area contributed by atoms with Crippen molar-refractivity contribution in [1.29, 1.82) is 0 Å². The zero-order chi connectivity index (χ0) is 21.7.